The topological polar surface area (TPSA) is 0 Å². The minimum Gasteiger partial charge on any atom is -0.174 e. The second-order valence-corrected chi connectivity index (χ2v) is 10.9. The molecule has 21 heavy (non-hydrogen) atoms. The third-order valence-electron chi connectivity index (χ3n) is 5.95. The number of hydrogen-bond acceptors (Lipinski definition) is 0. The molecule has 0 N–H and O–H groups in total. The fourth-order valence-corrected chi connectivity index (χ4v) is 8.12. The van der Waals surface area contributed by atoms with Gasteiger partial charge in [0.05, 0.1) is 0 Å². The van der Waals surface area contributed by atoms with Gasteiger partial charge in [0.25, 0.3) is 6.08 Å². The van der Waals surface area contributed by atoms with Crippen molar-refractivity contribution in [2.24, 2.45) is 17.8 Å². The first kappa shape index (κ1) is 17.2. The lowest BCUT2D eigenvalue weighted by molar-refractivity contribution is 0.206. The maximum absolute atomic E-state index is 12.3. The van der Waals surface area contributed by atoms with E-state index in [-0.39, 0.29) is 5.92 Å². The summed E-state index contributed by atoms with van der Waals surface area (Å²) in [5.74, 6) is 1.94. The van der Waals surface area contributed by atoms with E-state index in [9.17, 15) is 8.78 Å². The van der Waals surface area contributed by atoms with E-state index in [4.69, 9.17) is 0 Å². The molecule has 1 aliphatic carbocycles. The number of allylic oxidation sites excluding steroid dienone is 1. The molecular weight excluding hydrogens is 282 g/mol. The lowest BCUT2D eigenvalue weighted by atomic mass is 9.74. The number of halogens is 2. The van der Waals surface area contributed by atoms with Crippen molar-refractivity contribution in [3.8, 4) is 0 Å². The number of rotatable bonds is 6. The molecule has 0 amide bonds. The van der Waals surface area contributed by atoms with Crippen LogP contribution in [0.3, 0.4) is 0 Å². The SMILES string of the molecule is CCCCC[Si@H]1CC[C@H]([C@H]2CC[C@H](C=C(F)F)CC2)CC1. The summed E-state index contributed by atoms with van der Waals surface area (Å²) in [6.45, 7) is 2.29. The van der Waals surface area contributed by atoms with E-state index in [0.717, 1.165) is 24.7 Å². The molecule has 2 fully saturated rings. The average molecular weight is 315 g/mol. The predicted molar refractivity (Wildman–Crippen MR) is 89.6 cm³/mol. The van der Waals surface area contributed by atoms with Crippen LogP contribution in [0.1, 0.15) is 64.7 Å². The van der Waals surface area contributed by atoms with Crippen molar-refractivity contribution in [1.29, 1.82) is 0 Å². The molecule has 0 aromatic rings. The summed E-state index contributed by atoms with van der Waals surface area (Å²) in [6.07, 6.45) is 11.3. The second-order valence-electron chi connectivity index (χ2n) is 7.41. The molecule has 0 bridgehead atoms. The molecule has 0 aromatic heterocycles. The van der Waals surface area contributed by atoms with Gasteiger partial charge < -0.3 is 0 Å². The Balaban J connectivity index is 1.66. The van der Waals surface area contributed by atoms with E-state index < -0.39 is 14.9 Å². The first-order valence-electron chi connectivity index (χ1n) is 9.21. The predicted octanol–water partition coefficient (Wildman–Crippen LogP) is 6.40. The van der Waals surface area contributed by atoms with E-state index in [1.807, 2.05) is 0 Å². The Bertz CT molecular complexity index is 309. The summed E-state index contributed by atoms with van der Waals surface area (Å²) < 4.78 is 24.6. The average Bonchev–Trinajstić information content (AvgIpc) is 2.49. The molecule has 2 rings (SSSR count). The Kier molecular flexibility index (Phi) is 7.42. The first-order valence-corrected chi connectivity index (χ1v) is 11.7. The van der Waals surface area contributed by atoms with Crippen LogP contribution in [0.25, 0.3) is 0 Å². The van der Waals surface area contributed by atoms with E-state index >= 15 is 0 Å². The third kappa shape index (κ3) is 5.84. The van der Waals surface area contributed by atoms with Gasteiger partial charge in [-0.15, -0.1) is 0 Å². The van der Waals surface area contributed by atoms with Gasteiger partial charge in [0, 0.05) is 8.80 Å². The van der Waals surface area contributed by atoms with Gasteiger partial charge in [-0.1, -0.05) is 57.2 Å². The lowest BCUT2D eigenvalue weighted by Gasteiger charge is -2.37. The van der Waals surface area contributed by atoms with Crippen LogP contribution in [0, 0.1) is 17.8 Å². The molecular formula is C18H32F2Si. The molecule has 0 unspecified atom stereocenters. The highest BCUT2D eigenvalue weighted by Crippen LogP contribution is 2.41. The highest BCUT2D eigenvalue weighted by atomic mass is 28.3. The minimum absolute atomic E-state index is 0.158. The van der Waals surface area contributed by atoms with Crippen molar-refractivity contribution in [2.75, 3.05) is 0 Å². The van der Waals surface area contributed by atoms with Gasteiger partial charge in [-0.2, -0.15) is 8.78 Å². The molecule has 1 saturated carbocycles. The summed E-state index contributed by atoms with van der Waals surface area (Å²) in [5, 5.41) is 0. The smallest absolute Gasteiger partial charge is 0.174 e. The summed E-state index contributed by atoms with van der Waals surface area (Å²) in [5.41, 5.74) is 0. The molecule has 122 valence electrons. The first-order chi connectivity index (χ1) is 10.2. The standard InChI is InChI=1S/C18H32F2Si/c1-2-3-4-11-21-12-9-17(10-13-21)16-7-5-15(6-8-16)14-18(19)20/h14-17,21H,2-13H2,1H3/t15-,16-,17-,21-. The molecule has 1 heterocycles. The largest absolute Gasteiger partial charge is 0.266 e. The Morgan fingerprint density at radius 2 is 1.57 bits per heavy atom. The van der Waals surface area contributed by atoms with Crippen molar-refractivity contribution in [1.82, 2.24) is 0 Å². The summed E-state index contributed by atoms with van der Waals surface area (Å²) >= 11 is 0. The molecule has 0 spiro atoms. The molecule has 0 radical (unpaired) electrons. The van der Waals surface area contributed by atoms with Crippen LogP contribution in [-0.4, -0.2) is 8.80 Å². The fourth-order valence-electron chi connectivity index (χ4n) is 4.59. The second kappa shape index (κ2) is 9.07. The molecule has 1 aliphatic heterocycles. The van der Waals surface area contributed by atoms with Gasteiger partial charge in [0.2, 0.25) is 0 Å². The summed E-state index contributed by atoms with van der Waals surface area (Å²) in [6, 6.07) is 4.70. The quantitative estimate of drug-likeness (QED) is 0.393. The zero-order valence-electron chi connectivity index (χ0n) is 13.6. The maximum atomic E-state index is 12.3. The van der Waals surface area contributed by atoms with Crippen LogP contribution < -0.4 is 0 Å². The van der Waals surface area contributed by atoms with E-state index in [1.165, 1.54) is 51.0 Å². The Morgan fingerprint density at radius 3 is 2.14 bits per heavy atom. The van der Waals surface area contributed by atoms with Crippen LogP contribution in [0.15, 0.2) is 12.2 Å². The Labute approximate surface area is 131 Å². The number of unbranched alkanes of at least 4 members (excludes halogenated alkanes) is 2. The van der Waals surface area contributed by atoms with Crippen LogP contribution in [0.2, 0.25) is 18.1 Å². The normalized spacial score (nSPS) is 33.7. The zero-order valence-corrected chi connectivity index (χ0v) is 14.8. The van der Waals surface area contributed by atoms with Crippen LogP contribution in [-0.2, 0) is 0 Å². The van der Waals surface area contributed by atoms with Gasteiger partial charge in [-0.3, -0.25) is 0 Å². The van der Waals surface area contributed by atoms with Crippen molar-refractivity contribution < 1.29 is 8.78 Å². The van der Waals surface area contributed by atoms with Gasteiger partial charge in [0.15, 0.2) is 0 Å². The minimum atomic E-state index is -1.47. The van der Waals surface area contributed by atoms with E-state index in [2.05, 4.69) is 6.92 Å². The number of hydrogen-bond donors (Lipinski definition) is 0. The van der Waals surface area contributed by atoms with Crippen molar-refractivity contribution in [2.45, 2.75) is 82.8 Å². The lowest BCUT2D eigenvalue weighted by Crippen LogP contribution is -2.28. The van der Waals surface area contributed by atoms with Gasteiger partial charge in [0.1, 0.15) is 0 Å². The van der Waals surface area contributed by atoms with E-state index in [1.54, 1.807) is 18.1 Å². The maximum Gasteiger partial charge on any atom is 0.266 e. The van der Waals surface area contributed by atoms with Crippen LogP contribution in [0.5, 0.6) is 0 Å². The van der Waals surface area contributed by atoms with Crippen LogP contribution >= 0.6 is 0 Å². The highest BCUT2D eigenvalue weighted by Gasteiger charge is 2.30. The van der Waals surface area contributed by atoms with Gasteiger partial charge in [-0.25, -0.2) is 0 Å². The van der Waals surface area contributed by atoms with Gasteiger partial charge in [-0.05, 0) is 49.5 Å². The van der Waals surface area contributed by atoms with Gasteiger partial charge >= 0.3 is 0 Å². The monoisotopic (exact) mass is 314 g/mol. The molecule has 3 heteroatoms. The molecule has 0 aromatic carbocycles. The zero-order chi connectivity index (χ0) is 15.1. The summed E-state index contributed by atoms with van der Waals surface area (Å²) in [4.78, 5) is 0. The fraction of sp³-hybridized carbons (Fsp3) is 0.889. The van der Waals surface area contributed by atoms with Crippen molar-refractivity contribution in [3.05, 3.63) is 12.2 Å². The van der Waals surface area contributed by atoms with Crippen molar-refractivity contribution in [3.63, 3.8) is 0 Å². The Morgan fingerprint density at radius 1 is 0.952 bits per heavy atom. The van der Waals surface area contributed by atoms with Crippen LogP contribution in [0.4, 0.5) is 8.78 Å². The third-order valence-corrected chi connectivity index (χ3v) is 9.48. The molecule has 0 atom stereocenters. The highest BCUT2D eigenvalue weighted by molar-refractivity contribution is 6.58. The summed E-state index contributed by atoms with van der Waals surface area (Å²) in [7, 11) is -0.391. The van der Waals surface area contributed by atoms with Crippen molar-refractivity contribution >= 4 is 8.80 Å². The Hall–Kier alpha value is -0.183. The molecule has 2 aliphatic rings. The molecule has 1 saturated heterocycles. The van der Waals surface area contributed by atoms with E-state index in [0.29, 0.717) is 0 Å². The molecule has 0 nitrogen and oxygen atoms in total.